The van der Waals surface area contributed by atoms with E-state index < -0.39 is 0 Å². The van der Waals surface area contributed by atoms with Crippen molar-refractivity contribution in [2.24, 2.45) is 17.8 Å². The SMILES string of the molecule is CCCC(CC(C)C)C(=O)C(C)C. The zero-order valence-corrected chi connectivity index (χ0v) is 9.76. The Morgan fingerprint density at radius 1 is 1.15 bits per heavy atom. The summed E-state index contributed by atoms with van der Waals surface area (Å²) in [5.41, 5.74) is 0. The molecule has 0 radical (unpaired) electrons. The number of hydrogen-bond donors (Lipinski definition) is 0. The maximum Gasteiger partial charge on any atom is 0.138 e. The molecule has 1 unspecified atom stereocenters. The van der Waals surface area contributed by atoms with Gasteiger partial charge in [-0.3, -0.25) is 4.79 Å². The van der Waals surface area contributed by atoms with Crippen molar-refractivity contribution in [1.29, 1.82) is 0 Å². The average Bonchev–Trinajstić information content (AvgIpc) is 2.01. The van der Waals surface area contributed by atoms with Crippen LogP contribution in [0.1, 0.15) is 53.9 Å². The molecule has 0 aromatic rings. The van der Waals surface area contributed by atoms with E-state index >= 15 is 0 Å². The summed E-state index contributed by atoms with van der Waals surface area (Å²) < 4.78 is 0. The fraction of sp³-hybridized carbons (Fsp3) is 0.917. The highest BCUT2D eigenvalue weighted by molar-refractivity contribution is 5.82. The van der Waals surface area contributed by atoms with Crippen molar-refractivity contribution >= 4 is 5.78 Å². The van der Waals surface area contributed by atoms with E-state index in [1.54, 1.807) is 0 Å². The van der Waals surface area contributed by atoms with Crippen molar-refractivity contribution in [3.63, 3.8) is 0 Å². The van der Waals surface area contributed by atoms with Crippen LogP contribution in [0, 0.1) is 17.8 Å². The van der Waals surface area contributed by atoms with E-state index in [1.165, 1.54) is 0 Å². The lowest BCUT2D eigenvalue weighted by atomic mass is 9.85. The summed E-state index contributed by atoms with van der Waals surface area (Å²) in [6, 6.07) is 0. The van der Waals surface area contributed by atoms with E-state index in [0.29, 0.717) is 17.6 Å². The summed E-state index contributed by atoms with van der Waals surface area (Å²) in [4.78, 5) is 11.8. The third kappa shape index (κ3) is 5.07. The second-order valence-electron chi connectivity index (χ2n) is 4.67. The zero-order valence-electron chi connectivity index (χ0n) is 9.76. The average molecular weight is 184 g/mol. The van der Waals surface area contributed by atoms with E-state index in [0.717, 1.165) is 19.3 Å². The molecule has 0 spiro atoms. The van der Waals surface area contributed by atoms with Crippen molar-refractivity contribution in [1.82, 2.24) is 0 Å². The molecule has 1 nitrogen and oxygen atoms in total. The number of hydrogen-bond acceptors (Lipinski definition) is 1. The quantitative estimate of drug-likeness (QED) is 0.615. The molecule has 78 valence electrons. The summed E-state index contributed by atoms with van der Waals surface area (Å²) in [6.07, 6.45) is 3.25. The van der Waals surface area contributed by atoms with Gasteiger partial charge >= 0.3 is 0 Å². The highest BCUT2D eigenvalue weighted by Crippen LogP contribution is 2.21. The van der Waals surface area contributed by atoms with Crippen molar-refractivity contribution in [2.75, 3.05) is 0 Å². The standard InChI is InChI=1S/C12H24O/c1-6-7-11(8-9(2)3)12(13)10(4)5/h9-11H,6-8H2,1-5H3. The van der Waals surface area contributed by atoms with Crippen LogP contribution in [-0.2, 0) is 4.79 Å². The van der Waals surface area contributed by atoms with Gasteiger partial charge in [-0.25, -0.2) is 0 Å². The molecule has 0 aliphatic rings. The highest BCUT2D eigenvalue weighted by atomic mass is 16.1. The molecule has 0 bridgehead atoms. The first kappa shape index (κ1) is 12.7. The highest BCUT2D eigenvalue weighted by Gasteiger charge is 2.20. The van der Waals surface area contributed by atoms with E-state index in [9.17, 15) is 4.79 Å². The van der Waals surface area contributed by atoms with Crippen molar-refractivity contribution < 1.29 is 4.79 Å². The first-order chi connectivity index (χ1) is 5.99. The largest absolute Gasteiger partial charge is 0.299 e. The molecule has 0 saturated carbocycles. The van der Waals surface area contributed by atoms with Crippen LogP contribution >= 0.6 is 0 Å². The molecule has 0 aromatic carbocycles. The first-order valence-corrected chi connectivity index (χ1v) is 5.52. The van der Waals surface area contributed by atoms with Crippen LogP contribution in [0.25, 0.3) is 0 Å². The summed E-state index contributed by atoms with van der Waals surface area (Å²) in [7, 11) is 0. The summed E-state index contributed by atoms with van der Waals surface area (Å²) in [5.74, 6) is 1.61. The number of Topliss-reactive ketones (excluding diaryl/α,β-unsaturated/α-hetero) is 1. The molecule has 1 atom stereocenters. The molecule has 0 amide bonds. The molecule has 0 rings (SSSR count). The maximum atomic E-state index is 11.8. The molecule has 0 aromatic heterocycles. The van der Waals surface area contributed by atoms with Gasteiger partial charge in [0.25, 0.3) is 0 Å². The van der Waals surface area contributed by atoms with E-state index in [4.69, 9.17) is 0 Å². The van der Waals surface area contributed by atoms with Crippen molar-refractivity contribution in [2.45, 2.75) is 53.9 Å². The van der Waals surface area contributed by atoms with Crippen LogP contribution in [0.3, 0.4) is 0 Å². The monoisotopic (exact) mass is 184 g/mol. The minimum absolute atomic E-state index is 0.204. The van der Waals surface area contributed by atoms with Gasteiger partial charge in [-0.15, -0.1) is 0 Å². The van der Waals surface area contributed by atoms with Crippen LogP contribution in [0.5, 0.6) is 0 Å². The number of ketones is 1. The maximum absolute atomic E-state index is 11.8. The van der Waals surface area contributed by atoms with Gasteiger partial charge in [0.05, 0.1) is 0 Å². The first-order valence-electron chi connectivity index (χ1n) is 5.52. The van der Waals surface area contributed by atoms with Gasteiger partial charge in [-0.1, -0.05) is 41.0 Å². The lowest BCUT2D eigenvalue weighted by Gasteiger charge is -2.18. The predicted octanol–water partition coefficient (Wildman–Crippen LogP) is 3.67. The molecule has 0 aliphatic heterocycles. The predicted molar refractivity (Wildman–Crippen MR) is 57.7 cm³/mol. The fourth-order valence-electron chi connectivity index (χ4n) is 1.77. The van der Waals surface area contributed by atoms with Crippen LogP contribution in [0.2, 0.25) is 0 Å². The third-order valence-corrected chi connectivity index (χ3v) is 2.36. The Balaban J connectivity index is 4.15. The molecule has 0 N–H and O–H groups in total. The fourth-order valence-corrected chi connectivity index (χ4v) is 1.77. The Kier molecular flexibility index (Phi) is 6.02. The van der Waals surface area contributed by atoms with Gasteiger partial charge in [0.1, 0.15) is 5.78 Å². The Hall–Kier alpha value is -0.330. The minimum Gasteiger partial charge on any atom is -0.299 e. The van der Waals surface area contributed by atoms with Gasteiger partial charge in [0.15, 0.2) is 0 Å². The van der Waals surface area contributed by atoms with Crippen LogP contribution in [0.4, 0.5) is 0 Å². The Bertz CT molecular complexity index is 147. The van der Waals surface area contributed by atoms with Gasteiger partial charge in [-0.2, -0.15) is 0 Å². The minimum atomic E-state index is 0.204. The lowest BCUT2D eigenvalue weighted by Crippen LogP contribution is -2.21. The van der Waals surface area contributed by atoms with Gasteiger partial charge in [-0.05, 0) is 18.8 Å². The third-order valence-electron chi connectivity index (χ3n) is 2.36. The molecule has 0 aliphatic carbocycles. The molecule has 0 heterocycles. The normalized spacial score (nSPS) is 13.8. The van der Waals surface area contributed by atoms with Crippen LogP contribution in [-0.4, -0.2) is 5.78 Å². The second kappa shape index (κ2) is 6.17. The Morgan fingerprint density at radius 3 is 2.00 bits per heavy atom. The Labute approximate surface area is 82.9 Å². The summed E-state index contributed by atoms with van der Waals surface area (Å²) >= 11 is 0. The molecule has 0 saturated heterocycles. The molecule has 0 fully saturated rings. The number of carbonyl (C=O) groups is 1. The summed E-state index contributed by atoms with van der Waals surface area (Å²) in [6.45, 7) is 10.5. The molecular weight excluding hydrogens is 160 g/mol. The Morgan fingerprint density at radius 2 is 1.69 bits per heavy atom. The van der Waals surface area contributed by atoms with E-state index in [-0.39, 0.29) is 5.92 Å². The van der Waals surface area contributed by atoms with Gasteiger partial charge in [0.2, 0.25) is 0 Å². The van der Waals surface area contributed by atoms with Crippen molar-refractivity contribution in [3.05, 3.63) is 0 Å². The second-order valence-corrected chi connectivity index (χ2v) is 4.67. The smallest absolute Gasteiger partial charge is 0.138 e. The number of rotatable bonds is 6. The van der Waals surface area contributed by atoms with E-state index in [1.807, 2.05) is 13.8 Å². The molecule has 1 heteroatoms. The van der Waals surface area contributed by atoms with E-state index in [2.05, 4.69) is 20.8 Å². The summed E-state index contributed by atoms with van der Waals surface area (Å²) in [5, 5.41) is 0. The van der Waals surface area contributed by atoms with Crippen LogP contribution < -0.4 is 0 Å². The zero-order chi connectivity index (χ0) is 10.4. The van der Waals surface area contributed by atoms with Crippen molar-refractivity contribution in [3.8, 4) is 0 Å². The molecular formula is C12H24O. The van der Waals surface area contributed by atoms with Gasteiger partial charge in [0, 0.05) is 11.8 Å². The van der Waals surface area contributed by atoms with Crippen LogP contribution in [0.15, 0.2) is 0 Å². The molecule has 13 heavy (non-hydrogen) atoms. The topological polar surface area (TPSA) is 17.1 Å². The van der Waals surface area contributed by atoms with Gasteiger partial charge < -0.3 is 0 Å². The number of carbonyl (C=O) groups excluding carboxylic acids is 1. The lowest BCUT2D eigenvalue weighted by molar-refractivity contribution is -0.126.